The molecular formula is C22H18B2. The largest absolute Gasteiger partial charge is 0.114 e. The Balaban J connectivity index is 2.24. The lowest BCUT2D eigenvalue weighted by Crippen LogP contribution is -2.12. The van der Waals surface area contributed by atoms with E-state index in [1.165, 1.54) is 16.3 Å². The Labute approximate surface area is 145 Å². The van der Waals surface area contributed by atoms with Crippen LogP contribution in [0, 0.1) is 0 Å². The Hall–Kier alpha value is -2.21. The molecule has 0 aliphatic heterocycles. The molecule has 0 fully saturated rings. The first kappa shape index (κ1) is 15.3. The molecule has 0 nitrogen and oxygen atoms in total. The first-order valence-corrected chi connectivity index (χ1v) is 8.30. The molecule has 4 rings (SSSR count). The van der Waals surface area contributed by atoms with Gasteiger partial charge in [0.15, 0.2) is 0 Å². The molecule has 112 valence electrons. The van der Waals surface area contributed by atoms with Gasteiger partial charge in [-0.2, -0.15) is 0 Å². The first-order valence-electron chi connectivity index (χ1n) is 8.30. The second kappa shape index (κ2) is 5.14. The van der Waals surface area contributed by atoms with Crippen LogP contribution in [0.2, 0.25) is 0 Å². The summed E-state index contributed by atoms with van der Waals surface area (Å²) in [5.74, 6) is 0. The molecule has 0 atom stereocenters. The highest BCUT2D eigenvalue weighted by Crippen LogP contribution is 2.32. The van der Waals surface area contributed by atoms with Crippen molar-refractivity contribution in [1.29, 1.82) is 0 Å². The summed E-state index contributed by atoms with van der Waals surface area (Å²) in [5.41, 5.74) is 3.01. The number of rotatable bonds is 0. The van der Waals surface area contributed by atoms with Gasteiger partial charge in [0.2, 0.25) is 0 Å². The summed E-state index contributed by atoms with van der Waals surface area (Å²) >= 11 is 0. The Bertz CT molecular complexity index is 1100. The molecule has 0 unspecified atom stereocenters. The van der Waals surface area contributed by atoms with Crippen molar-refractivity contribution in [3.8, 4) is 0 Å². The fourth-order valence-corrected chi connectivity index (χ4v) is 3.52. The van der Waals surface area contributed by atoms with Crippen LogP contribution in [0.25, 0.3) is 32.3 Å². The first-order chi connectivity index (χ1) is 11.4. The van der Waals surface area contributed by atoms with Gasteiger partial charge < -0.3 is 0 Å². The van der Waals surface area contributed by atoms with Crippen LogP contribution in [0.15, 0.2) is 54.6 Å². The zero-order valence-corrected chi connectivity index (χ0v) is 14.4. The van der Waals surface area contributed by atoms with Crippen molar-refractivity contribution in [2.45, 2.75) is 26.2 Å². The Morgan fingerprint density at radius 1 is 0.583 bits per heavy atom. The lowest BCUT2D eigenvalue weighted by Gasteiger charge is -2.21. The van der Waals surface area contributed by atoms with E-state index >= 15 is 0 Å². The smallest absolute Gasteiger partial charge is 0.0883 e. The highest BCUT2D eigenvalue weighted by atomic mass is 14.2. The predicted octanol–water partition coefficient (Wildman–Crippen LogP) is 4.03. The maximum Gasteiger partial charge on any atom is 0.114 e. The predicted molar refractivity (Wildman–Crippen MR) is 108 cm³/mol. The molecule has 0 aliphatic carbocycles. The molecule has 0 amide bonds. The second-order valence-electron chi connectivity index (χ2n) is 7.58. The van der Waals surface area contributed by atoms with Crippen molar-refractivity contribution in [3.63, 3.8) is 0 Å². The Morgan fingerprint density at radius 3 is 1.71 bits per heavy atom. The van der Waals surface area contributed by atoms with E-state index < -0.39 is 0 Å². The van der Waals surface area contributed by atoms with Gasteiger partial charge in [0.05, 0.1) is 0 Å². The molecule has 24 heavy (non-hydrogen) atoms. The molecular weight excluding hydrogens is 286 g/mol. The third-order valence-electron chi connectivity index (χ3n) is 4.90. The molecule has 4 aromatic carbocycles. The highest BCUT2D eigenvalue weighted by Gasteiger charge is 2.16. The quantitative estimate of drug-likeness (QED) is 0.340. The molecule has 0 N–H and O–H groups in total. The van der Waals surface area contributed by atoms with Crippen LogP contribution in [-0.4, -0.2) is 15.7 Å². The second-order valence-corrected chi connectivity index (χ2v) is 7.58. The summed E-state index contributed by atoms with van der Waals surface area (Å²) in [6, 6.07) is 19.0. The number of hydrogen-bond acceptors (Lipinski definition) is 0. The third-order valence-corrected chi connectivity index (χ3v) is 4.90. The molecule has 4 aromatic rings. The molecule has 0 heterocycles. The molecule has 0 saturated heterocycles. The van der Waals surface area contributed by atoms with E-state index in [1.54, 1.807) is 0 Å². The Morgan fingerprint density at radius 2 is 1.08 bits per heavy atom. The summed E-state index contributed by atoms with van der Waals surface area (Å²) < 4.78 is 0. The number of hydrogen-bond donors (Lipinski definition) is 0. The molecule has 0 aliphatic rings. The minimum atomic E-state index is 0.0908. The van der Waals surface area contributed by atoms with Crippen LogP contribution in [0.3, 0.4) is 0 Å². The standard InChI is InChI=1S/C22H18B2/c1-22(2,3)13-8-9-16-17(10-13)19-12-20(23)15-7-5-4-6-14(15)18(19)11-21(16)24/h4-12H,1-3H3. The summed E-state index contributed by atoms with van der Waals surface area (Å²) in [6.45, 7) is 6.69. The summed E-state index contributed by atoms with van der Waals surface area (Å²) in [7, 11) is 12.7. The SMILES string of the molecule is [B]c1cc2c3cc(C(C)(C)C)ccc3c([B])cc2c2ccccc12. The van der Waals surface area contributed by atoms with Gasteiger partial charge in [-0.1, -0.05) is 86.3 Å². The molecule has 0 aromatic heterocycles. The fraction of sp³-hybridized carbons (Fsp3) is 0.182. The minimum absolute atomic E-state index is 0.0908. The van der Waals surface area contributed by atoms with E-state index in [0.717, 1.165) is 32.5 Å². The molecule has 0 saturated carbocycles. The van der Waals surface area contributed by atoms with Crippen LogP contribution >= 0.6 is 0 Å². The third kappa shape index (κ3) is 2.24. The van der Waals surface area contributed by atoms with Crippen LogP contribution in [-0.2, 0) is 5.41 Å². The minimum Gasteiger partial charge on any atom is -0.0883 e. The van der Waals surface area contributed by atoms with Crippen molar-refractivity contribution in [3.05, 3.63) is 60.2 Å². The zero-order chi connectivity index (χ0) is 17.1. The monoisotopic (exact) mass is 304 g/mol. The van der Waals surface area contributed by atoms with Gasteiger partial charge in [-0.25, -0.2) is 0 Å². The highest BCUT2D eigenvalue weighted by molar-refractivity contribution is 6.45. The summed E-state index contributed by atoms with van der Waals surface area (Å²) in [6.07, 6.45) is 0. The lowest BCUT2D eigenvalue weighted by atomic mass is 9.79. The maximum absolute atomic E-state index is 6.38. The normalized spacial score (nSPS) is 12.3. The molecule has 0 bridgehead atoms. The van der Waals surface area contributed by atoms with E-state index in [-0.39, 0.29) is 5.41 Å². The van der Waals surface area contributed by atoms with E-state index in [2.05, 4.69) is 63.2 Å². The van der Waals surface area contributed by atoms with Gasteiger partial charge in [0.25, 0.3) is 0 Å². The number of fused-ring (bicyclic) bond motifs is 5. The lowest BCUT2D eigenvalue weighted by molar-refractivity contribution is 0.591. The van der Waals surface area contributed by atoms with Crippen molar-refractivity contribution in [1.82, 2.24) is 0 Å². The van der Waals surface area contributed by atoms with Gasteiger partial charge in [0, 0.05) is 0 Å². The van der Waals surface area contributed by atoms with E-state index in [4.69, 9.17) is 15.7 Å². The van der Waals surface area contributed by atoms with Gasteiger partial charge in [-0.05, 0) is 43.3 Å². The molecule has 0 spiro atoms. The van der Waals surface area contributed by atoms with Crippen molar-refractivity contribution < 1.29 is 0 Å². The van der Waals surface area contributed by atoms with Crippen LogP contribution in [0.5, 0.6) is 0 Å². The summed E-state index contributed by atoms with van der Waals surface area (Å²) in [4.78, 5) is 0. The topological polar surface area (TPSA) is 0 Å². The van der Waals surface area contributed by atoms with Crippen LogP contribution < -0.4 is 10.9 Å². The van der Waals surface area contributed by atoms with Crippen molar-refractivity contribution in [2.75, 3.05) is 0 Å². The summed E-state index contributed by atoms with van der Waals surface area (Å²) in [5, 5.41) is 6.83. The average Bonchev–Trinajstić information content (AvgIpc) is 2.55. The molecule has 4 radical (unpaired) electrons. The average molecular weight is 304 g/mol. The Kier molecular flexibility index (Phi) is 3.28. The van der Waals surface area contributed by atoms with Gasteiger partial charge >= 0.3 is 0 Å². The van der Waals surface area contributed by atoms with Crippen molar-refractivity contribution >= 4 is 58.9 Å². The maximum atomic E-state index is 6.38. The van der Waals surface area contributed by atoms with Crippen LogP contribution in [0.4, 0.5) is 0 Å². The van der Waals surface area contributed by atoms with E-state index in [1.807, 2.05) is 12.1 Å². The van der Waals surface area contributed by atoms with E-state index in [9.17, 15) is 0 Å². The molecule has 2 heteroatoms. The number of benzene rings is 4. The fourth-order valence-electron chi connectivity index (χ4n) is 3.52. The zero-order valence-electron chi connectivity index (χ0n) is 14.4. The van der Waals surface area contributed by atoms with Gasteiger partial charge in [-0.15, -0.1) is 0 Å². The van der Waals surface area contributed by atoms with E-state index in [0.29, 0.717) is 0 Å². The van der Waals surface area contributed by atoms with Gasteiger partial charge in [-0.3, -0.25) is 0 Å². The van der Waals surface area contributed by atoms with Crippen LogP contribution in [0.1, 0.15) is 26.3 Å². The van der Waals surface area contributed by atoms with Crippen molar-refractivity contribution in [2.24, 2.45) is 0 Å². The van der Waals surface area contributed by atoms with Gasteiger partial charge in [0.1, 0.15) is 15.7 Å².